The maximum absolute atomic E-state index is 4.33. The molecule has 0 saturated carbocycles. The summed E-state index contributed by atoms with van der Waals surface area (Å²) in [7, 11) is 0. The maximum Gasteiger partial charge on any atom is 0.142 e. The Kier molecular flexibility index (Phi) is 2.81. The molecule has 0 aliphatic heterocycles. The monoisotopic (exact) mass is 156 g/mol. The summed E-state index contributed by atoms with van der Waals surface area (Å²) in [5.41, 5.74) is 0. The molecule has 2 nitrogen and oxygen atoms in total. The summed E-state index contributed by atoms with van der Waals surface area (Å²) >= 11 is 1.53. The lowest BCUT2D eigenvalue weighted by Crippen LogP contribution is -1.85. The largest absolute Gasteiger partial charge is 0.225 e. The van der Waals surface area contributed by atoms with E-state index >= 15 is 0 Å². The van der Waals surface area contributed by atoms with Crippen molar-refractivity contribution < 1.29 is 0 Å². The van der Waals surface area contributed by atoms with Gasteiger partial charge in [-0.15, -0.1) is 0 Å². The molecule has 0 aromatic carbocycles. The Labute approximate surface area is 65.5 Å². The Morgan fingerprint density at radius 2 is 2.20 bits per heavy atom. The number of hydrogen-bond donors (Lipinski definition) is 0. The standard InChI is InChI=1S/C7H12N2S/c1-3-5-6-8-7(4-2)10-9-6/h3-5H2,1-2H3. The summed E-state index contributed by atoms with van der Waals surface area (Å²) < 4.78 is 4.21. The van der Waals surface area contributed by atoms with E-state index in [1.165, 1.54) is 11.5 Å². The van der Waals surface area contributed by atoms with Crippen LogP contribution in [-0.2, 0) is 12.8 Å². The molecule has 10 heavy (non-hydrogen) atoms. The van der Waals surface area contributed by atoms with Crippen molar-refractivity contribution in [1.82, 2.24) is 9.36 Å². The minimum absolute atomic E-state index is 1.02. The molecule has 0 fully saturated rings. The summed E-state index contributed by atoms with van der Waals surface area (Å²) in [6.07, 6.45) is 3.18. The van der Waals surface area contributed by atoms with E-state index < -0.39 is 0 Å². The van der Waals surface area contributed by atoms with E-state index in [4.69, 9.17) is 0 Å². The molecule has 1 heterocycles. The van der Waals surface area contributed by atoms with Crippen LogP contribution >= 0.6 is 11.5 Å². The fourth-order valence-corrected chi connectivity index (χ4v) is 1.38. The fraction of sp³-hybridized carbons (Fsp3) is 0.714. The number of nitrogens with zero attached hydrogens (tertiary/aromatic N) is 2. The summed E-state index contributed by atoms with van der Waals surface area (Å²) in [5.74, 6) is 1.02. The molecule has 3 heteroatoms. The lowest BCUT2D eigenvalue weighted by molar-refractivity contribution is 0.851. The zero-order chi connectivity index (χ0) is 7.40. The van der Waals surface area contributed by atoms with Crippen LogP contribution in [-0.4, -0.2) is 9.36 Å². The number of hydrogen-bond acceptors (Lipinski definition) is 3. The molecule has 1 rings (SSSR count). The van der Waals surface area contributed by atoms with Crippen molar-refractivity contribution in [3.05, 3.63) is 10.8 Å². The fourth-order valence-electron chi connectivity index (χ4n) is 0.759. The Bertz CT molecular complexity index is 195. The van der Waals surface area contributed by atoms with Crippen LogP contribution in [0.15, 0.2) is 0 Å². The Hall–Kier alpha value is -0.440. The molecular weight excluding hydrogens is 144 g/mol. The highest BCUT2D eigenvalue weighted by Gasteiger charge is 1.98. The van der Waals surface area contributed by atoms with Crippen molar-refractivity contribution in [1.29, 1.82) is 0 Å². The highest BCUT2D eigenvalue weighted by atomic mass is 32.1. The van der Waals surface area contributed by atoms with Crippen LogP contribution in [0, 0.1) is 0 Å². The molecule has 56 valence electrons. The van der Waals surface area contributed by atoms with E-state index in [-0.39, 0.29) is 0 Å². The van der Waals surface area contributed by atoms with Gasteiger partial charge in [0.25, 0.3) is 0 Å². The molecule has 0 aliphatic rings. The van der Waals surface area contributed by atoms with Crippen molar-refractivity contribution in [3.8, 4) is 0 Å². The molecular formula is C7H12N2S. The second-order valence-electron chi connectivity index (χ2n) is 2.21. The van der Waals surface area contributed by atoms with Crippen molar-refractivity contribution in [2.24, 2.45) is 0 Å². The van der Waals surface area contributed by atoms with Gasteiger partial charge in [-0.1, -0.05) is 13.8 Å². The molecule has 0 bridgehead atoms. The Morgan fingerprint density at radius 1 is 1.40 bits per heavy atom. The van der Waals surface area contributed by atoms with E-state index in [0.717, 1.165) is 30.1 Å². The second kappa shape index (κ2) is 3.66. The third kappa shape index (κ3) is 1.77. The highest BCUT2D eigenvalue weighted by molar-refractivity contribution is 7.05. The van der Waals surface area contributed by atoms with Gasteiger partial charge in [-0.2, -0.15) is 4.37 Å². The molecule has 1 aromatic heterocycles. The zero-order valence-corrected chi connectivity index (χ0v) is 7.24. The first kappa shape index (κ1) is 7.66. The first-order valence-corrected chi connectivity index (χ1v) is 4.45. The van der Waals surface area contributed by atoms with Crippen molar-refractivity contribution in [2.75, 3.05) is 0 Å². The van der Waals surface area contributed by atoms with Gasteiger partial charge in [-0.25, -0.2) is 4.98 Å². The van der Waals surface area contributed by atoms with E-state index in [2.05, 4.69) is 23.2 Å². The van der Waals surface area contributed by atoms with E-state index in [1.807, 2.05) is 0 Å². The third-order valence-electron chi connectivity index (χ3n) is 1.29. The minimum Gasteiger partial charge on any atom is -0.225 e. The van der Waals surface area contributed by atoms with Crippen molar-refractivity contribution >= 4 is 11.5 Å². The number of aryl methyl sites for hydroxylation is 2. The van der Waals surface area contributed by atoms with Gasteiger partial charge < -0.3 is 0 Å². The SMILES string of the molecule is CCCc1nsc(CC)n1. The predicted octanol–water partition coefficient (Wildman–Crippen LogP) is 2.05. The van der Waals surface area contributed by atoms with Crippen molar-refractivity contribution in [2.45, 2.75) is 33.1 Å². The highest BCUT2D eigenvalue weighted by Crippen LogP contribution is 2.06. The first-order valence-electron chi connectivity index (χ1n) is 3.68. The van der Waals surface area contributed by atoms with Crippen LogP contribution in [0.2, 0.25) is 0 Å². The molecule has 0 unspecified atom stereocenters. The van der Waals surface area contributed by atoms with E-state index in [0.29, 0.717) is 0 Å². The summed E-state index contributed by atoms with van der Waals surface area (Å²) in [6.45, 7) is 4.25. The average Bonchev–Trinajstić information content (AvgIpc) is 2.37. The van der Waals surface area contributed by atoms with Gasteiger partial charge in [0, 0.05) is 6.42 Å². The lowest BCUT2D eigenvalue weighted by atomic mass is 10.3. The van der Waals surface area contributed by atoms with Crippen LogP contribution < -0.4 is 0 Å². The molecule has 0 atom stereocenters. The zero-order valence-electron chi connectivity index (χ0n) is 6.42. The number of aromatic nitrogens is 2. The maximum atomic E-state index is 4.33. The minimum atomic E-state index is 1.02. The quantitative estimate of drug-likeness (QED) is 0.669. The van der Waals surface area contributed by atoms with Crippen LogP contribution in [0.5, 0.6) is 0 Å². The lowest BCUT2D eigenvalue weighted by Gasteiger charge is -1.85. The van der Waals surface area contributed by atoms with Crippen molar-refractivity contribution in [3.63, 3.8) is 0 Å². The van der Waals surface area contributed by atoms with Gasteiger partial charge in [0.05, 0.1) is 0 Å². The van der Waals surface area contributed by atoms with Crippen LogP contribution in [0.3, 0.4) is 0 Å². The van der Waals surface area contributed by atoms with Gasteiger partial charge in [0.15, 0.2) is 0 Å². The average molecular weight is 156 g/mol. The number of rotatable bonds is 3. The third-order valence-corrected chi connectivity index (χ3v) is 2.18. The summed E-state index contributed by atoms with van der Waals surface area (Å²) in [5, 5.41) is 1.16. The predicted molar refractivity (Wildman–Crippen MR) is 43.3 cm³/mol. The molecule has 0 spiro atoms. The van der Waals surface area contributed by atoms with Gasteiger partial charge in [-0.3, -0.25) is 0 Å². The topological polar surface area (TPSA) is 25.8 Å². The Morgan fingerprint density at radius 3 is 2.70 bits per heavy atom. The van der Waals surface area contributed by atoms with Gasteiger partial charge in [0.2, 0.25) is 0 Å². The van der Waals surface area contributed by atoms with E-state index in [1.54, 1.807) is 0 Å². The Balaban J connectivity index is 2.59. The van der Waals surface area contributed by atoms with E-state index in [9.17, 15) is 0 Å². The summed E-state index contributed by atoms with van der Waals surface area (Å²) in [4.78, 5) is 4.33. The smallest absolute Gasteiger partial charge is 0.142 e. The van der Waals surface area contributed by atoms with Gasteiger partial charge in [-0.05, 0) is 24.4 Å². The first-order chi connectivity index (χ1) is 4.86. The molecule has 0 radical (unpaired) electrons. The normalized spacial score (nSPS) is 10.2. The van der Waals surface area contributed by atoms with Crippen LogP contribution in [0.1, 0.15) is 31.1 Å². The molecule has 0 saturated heterocycles. The van der Waals surface area contributed by atoms with Crippen LogP contribution in [0.4, 0.5) is 0 Å². The second-order valence-corrected chi connectivity index (χ2v) is 3.04. The van der Waals surface area contributed by atoms with Gasteiger partial charge in [0.1, 0.15) is 10.8 Å². The van der Waals surface area contributed by atoms with Crippen LogP contribution in [0.25, 0.3) is 0 Å². The molecule has 0 N–H and O–H groups in total. The molecule has 0 amide bonds. The summed E-state index contributed by atoms with van der Waals surface area (Å²) in [6, 6.07) is 0. The van der Waals surface area contributed by atoms with Gasteiger partial charge >= 0.3 is 0 Å². The molecule has 1 aromatic rings. The molecule has 0 aliphatic carbocycles.